The second kappa shape index (κ2) is 9.27. The zero-order valence-electron chi connectivity index (χ0n) is 17.6. The van der Waals surface area contributed by atoms with E-state index in [0.717, 1.165) is 19.0 Å². The van der Waals surface area contributed by atoms with Crippen LogP contribution in [0.15, 0.2) is 35.2 Å². The van der Waals surface area contributed by atoms with Crippen LogP contribution in [0, 0.1) is 5.82 Å². The van der Waals surface area contributed by atoms with Gasteiger partial charge in [0, 0.05) is 18.3 Å². The minimum Gasteiger partial charge on any atom is -0.465 e. The van der Waals surface area contributed by atoms with Crippen molar-refractivity contribution in [1.82, 2.24) is 14.9 Å². The van der Waals surface area contributed by atoms with Crippen molar-refractivity contribution in [3.05, 3.63) is 46.7 Å². The molecule has 1 saturated heterocycles. The molecule has 166 valence electrons. The van der Waals surface area contributed by atoms with Gasteiger partial charge in [-0.05, 0) is 74.3 Å². The van der Waals surface area contributed by atoms with E-state index in [0.29, 0.717) is 18.7 Å². The Labute approximate surface area is 188 Å². The third-order valence-electron chi connectivity index (χ3n) is 5.26. The first-order chi connectivity index (χ1) is 14.6. The van der Waals surface area contributed by atoms with E-state index in [2.05, 4.69) is 56.9 Å². The van der Waals surface area contributed by atoms with Gasteiger partial charge in [0.05, 0.1) is 23.6 Å². The third kappa shape index (κ3) is 5.37. The van der Waals surface area contributed by atoms with Crippen molar-refractivity contribution < 1.29 is 19.1 Å². The zero-order chi connectivity index (χ0) is 22.8. The maximum Gasteiger partial charge on any atom is 0.412 e. The molecule has 0 bridgehead atoms. The van der Waals surface area contributed by atoms with Crippen LogP contribution in [0.2, 0.25) is 0 Å². The van der Waals surface area contributed by atoms with Crippen LogP contribution in [0.3, 0.4) is 0 Å². The Bertz CT molecular complexity index is 982. The van der Waals surface area contributed by atoms with Crippen molar-refractivity contribution in [1.29, 1.82) is 0 Å². The molecule has 2 N–H and O–H groups in total. The molecule has 1 aliphatic rings. The lowest BCUT2D eigenvalue weighted by atomic mass is 9.97. The van der Waals surface area contributed by atoms with E-state index in [1.54, 1.807) is 6.07 Å². The lowest BCUT2D eigenvalue weighted by Crippen LogP contribution is -2.55. The molecule has 0 unspecified atom stereocenters. The van der Waals surface area contributed by atoms with Crippen LogP contribution in [0.1, 0.15) is 44.1 Å². The molecule has 8 nitrogen and oxygen atoms in total. The van der Waals surface area contributed by atoms with Crippen LogP contribution < -0.4 is 10.2 Å². The van der Waals surface area contributed by atoms with Crippen molar-refractivity contribution >= 4 is 39.3 Å². The first-order valence-electron chi connectivity index (χ1n) is 9.92. The van der Waals surface area contributed by atoms with E-state index in [9.17, 15) is 19.1 Å². The van der Waals surface area contributed by atoms with Crippen molar-refractivity contribution in [3.8, 4) is 0 Å². The van der Waals surface area contributed by atoms with Gasteiger partial charge in [0.2, 0.25) is 0 Å². The maximum atomic E-state index is 13.4. The number of likely N-dealkylation sites (tertiary alicyclic amines) is 1. The first kappa shape index (κ1) is 23.1. The highest BCUT2D eigenvalue weighted by Gasteiger charge is 2.34. The van der Waals surface area contributed by atoms with E-state index in [4.69, 9.17) is 0 Å². The van der Waals surface area contributed by atoms with E-state index in [1.807, 2.05) is 0 Å². The van der Waals surface area contributed by atoms with E-state index < -0.39 is 17.8 Å². The molecule has 3 rings (SSSR count). The Kier molecular flexibility index (Phi) is 6.90. The summed E-state index contributed by atoms with van der Waals surface area (Å²) in [6.07, 6.45) is 3.35. The summed E-state index contributed by atoms with van der Waals surface area (Å²) in [5, 5.41) is 12.7. The number of carbonyl (C=O) groups is 2. The summed E-state index contributed by atoms with van der Waals surface area (Å²) in [6, 6.07) is 3.67. The first-order valence-corrected chi connectivity index (χ1v) is 10.7. The van der Waals surface area contributed by atoms with Crippen molar-refractivity contribution in [2.45, 2.75) is 45.2 Å². The normalized spacial score (nSPS) is 17.3. The van der Waals surface area contributed by atoms with Crippen LogP contribution in [0.4, 0.5) is 20.6 Å². The zero-order valence-corrected chi connectivity index (χ0v) is 19.2. The summed E-state index contributed by atoms with van der Waals surface area (Å²) < 4.78 is 13.4. The Hall–Kier alpha value is -2.59. The standard InChI is InChI=1S/C21H25BrFN5O3/c1-21(2,3)27-10-4-5-13(12-27)28(20(30)31)17-8-9-24-11-16(17)26-19(29)15-7-6-14(23)18(22)25-15/h6-9,11,13H,4-5,10,12H2,1-3H3,(H,26,29)(H,30,31)/t13-/m0/s1. The fourth-order valence-corrected chi connectivity index (χ4v) is 3.98. The number of pyridine rings is 2. The lowest BCUT2D eigenvalue weighted by molar-refractivity contribution is 0.0962. The Morgan fingerprint density at radius 3 is 2.71 bits per heavy atom. The quantitative estimate of drug-likeness (QED) is 0.613. The number of hydrogen-bond acceptors (Lipinski definition) is 5. The maximum absolute atomic E-state index is 13.4. The van der Waals surface area contributed by atoms with Crippen molar-refractivity contribution in [2.24, 2.45) is 0 Å². The molecule has 0 spiro atoms. The summed E-state index contributed by atoms with van der Waals surface area (Å²) in [5.74, 6) is -1.18. The van der Waals surface area contributed by atoms with Gasteiger partial charge in [-0.25, -0.2) is 14.2 Å². The Balaban J connectivity index is 1.89. The molecule has 0 aliphatic carbocycles. The summed E-state index contributed by atoms with van der Waals surface area (Å²) >= 11 is 2.96. The van der Waals surface area contributed by atoms with Gasteiger partial charge < -0.3 is 10.4 Å². The summed E-state index contributed by atoms with van der Waals surface area (Å²) in [6.45, 7) is 7.79. The van der Waals surface area contributed by atoms with Crippen LogP contribution in [0.25, 0.3) is 0 Å². The number of carbonyl (C=O) groups excluding carboxylic acids is 1. The molecule has 1 atom stereocenters. The summed E-state index contributed by atoms with van der Waals surface area (Å²) in [4.78, 5) is 36.4. The van der Waals surface area contributed by atoms with Gasteiger partial charge >= 0.3 is 6.09 Å². The predicted octanol–water partition coefficient (Wildman–Crippen LogP) is 4.38. The SMILES string of the molecule is CC(C)(C)N1CCC[C@H](N(C(=O)O)c2ccncc2NC(=O)c2ccc(F)c(Br)n2)C1. The molecule has 0 aromatic carbocycles. The average Bonchev–Trinajstić information content (AvgIpc) is 2.71. The molecule has 10 heteroatoms. The summed E-state index contributed by atoms with van der Waals surface area (Å²) in [7, 11) is 0. The fraction of sp³-hybridized carbons (Fsp3) is 0.429. The minimum absolute atomic E-state index is 0.0125. The molecule has 2 aromatic heterocycles. The number of carboxylic acid groups (broad SMARTS) is 1. The smallest absolute Gasteiger partial charge is 0.412 e. The van der Waals surface area contributed by atoms with Crippen molar-refractivity contribution in [2.75, 3.05) is 23.3 Å². The number of amides is 2. The number of nitrogens with one attached hydrogen (secondary N) is 1. The second-order valence-electron chi connectivity index (χ2n) is 8.38. The van der Waals surface area contributed by atoms with Gasteiger partial charge in [-0.2, -0.15) is 0 Å². The van der Waals surface area contributed by atoms with E-state index in [1.165, 1.54) is 23.4 Å². The molecule has 31 heavy (non-hydrogen) atoms. The molecule has 2 aromatic rings. The van der Waals surface area contributed by atoms with Crippen LogP contribution >= 0.6 is 15.9 Å². The van der Waals surface area contributed by atoms with Crippen LogP contribution in [-0.2, 0) is 0 Å². The highest BCUT2D eigenvalue weighted by molar-refractivity contribution is 9.10. The Morgan fingerprint density at radius 2 is 2.06 bits per heavy atom. The van der Waals surface area contributed by atoms with E-state index >= 15 is 0 Å². The lowest BCUT2D eigenvalue weighted by Gasteiger charge is -2.44. The van der Waals surface area contributed by atoms with Gasteiger partial charge in [-0.1, -0.05) is 0 Å². The molecule has 0 radical (unpaired) electrons. The van der Waals surface area contributed by atoms with Gasteiger partial charge in [-0.15, -0.1) is 0 Å². The second-order valence-corrected chi connectivity index (χ2v) is 9.13. The number of nitrogens with zero attached hydrogens (tertiary/aromatic N) is 4. The highest BCUT2D eigenvalue weighted by Crippen LogP contribution is 2.31. The molecule has 3 heterocycles. The van der Waals surface area contributed by atoms with Crippen molar-refractivity contribution in [3.63, 3.8) is 0 Å². The molecular formula is C21H25BrFN5O3. The van der Waals surface area contributed by atoms with Gasteiger partial charge in [0.15, 0.2) is 5.82 Å². The number of aromatic nitrogens is 2. The molecule has 1 fully saturated rings. The number of hydrogen-bond donors (Lipinski definition) is 2. The fourth-order valence-electron chi connectivity index (χ4n) is 3.65. The van der Waals surface area contributed by atoms with Gasteiger partial charge in [-0.3, -0.25) is 19.6 Å². The number of anilines is 2. The monoisotopic (exact) mass is 493 g/mol. The number of halogens is 2. The van der Waals surface area contributed by atoms with E-state index in [-0.39, 0.29) is 27.6 Å². The largest absolute Gasteiger partial charge is 0.465 e. The minimum atomic E-state index is -1.11. The van der Waals surface area contributed by atoms with Gasteiger partial charge in [0.1, 0.15) is 10.3 Å². The molecule has 0 saturated carbocycles. The third-order valence-corrected chi connectivity index (χ3v) is 5.81. The molecular weight excluding hydrogens is 469 g/mol. The summed E-state index contributed by atoms with van der Waals surface area (Å²) in [5.41, 5.74) is 0.476. The van der Waals surface area contributed by atoms with Gasteiger partial charge in [0.25, 0.3) is 5.91 Å². The number of piperidine rings is 1. The topological polar surface area (TPSA) is 98.7 Å². The highest BCUT2D eigenvalue weighted by atomic mass is 79.9. The molecule has 2 amide bonds. The Morgan fingerprint density at radius 1 is 1.32 bits per heavy atom. The number of rotatable bonds is 4. The van der Waals surface area contributed by atoms with Crippen LogP contribution in [-0.4, -0.2) is 56.6 Å². The average molecular weight is 494 g/mol. The van der Waals surface area contributed by atoms with Crippen LogP contribution in [0.5, 0.6) is 0 Å². The predicted molar refractivity (Wildman–Crippen MR) is 119 cm³/mol. The molecule has 1 aliphatic heterocycles.